The van der Waals surface area contributed by atoms with Crippen molar-refractivity contribution in [1.82, 2.24) is 0 Å². The van der Waals surface area contributed by atoms with E-state index >= 15 is 0 Å². The molecule has 0 aromatic rings. The summed E-state index contributed by atoms with van der Waals surface area (Å²) in [6.07, 6.45) is -4.37. The Hall–Kier alpha value is -1.48. The van der Waals surface area contributed by atoms with E-state index in [0.29, 0.717) is 5.57 Å². The van der Waals surface area contributed by atoms with Crippen LogP contribution in [-0.2, 0) is 23.8 Å². The van der Waals surface area contributed by atoms with E-state index in [-0.39, 0.29) is 6.42 Å². The Morgan fingerprint density at radius 1 is 1.30 bits per heavy atom. The zero-order valence-electron chi connectivity index (χ0n) is 15.4. The summed E-state index contributed by atoms with van der Waals surface area (Å²) in [7, 11) is 0. The van der Waals surface area contributed by atoms with Crippen molar-refractivity contribution in [2.75, 3.05) is 0 Å². The van der Waals surface area contributed by atoms with Gasteiger partial charge in [-0.25, -0.2) is 0 Å². The first-order chi connectivity index (χ1) is 12.5. The van der Waals surface area contributed by atoms with Gasteiger partial charge < -0.3 is 29.5 Å². The minimum Gasteiger partial charge on any atom is -0.459 e. The van der Waals surface area contributed by atoms with Crippen LogP contribution in [0.3, 0.4) is 0 Å². The summed E-state index contributed by atoms with van der Waals surface area (Å²) in [5.41, 5.74) is -3.83. The molecule has 5 aliphatic rings. The molecule has 0 aromatic carbocycles. The first kappa shape index (κ1) is 17.6. The highest BCUT2D eigenvalue weighted by atomic mass is 16.7. The number of hydrogen-bond donors (Lipinski definition) is 3. The topological polar surface area (TPSA) is 126 Å². The molecule has 5 fully saturated rings. The van der Waals surface area contributed by atoms with Gasteiger partial charge in [0.25, 0.3) is 0 Å². The van der Waals surface area contributed by atoms with E-state index in [9.17, 15) is 24.9 Å². The monoisotopic (exact) mass is 380 g/mol. The predicted octanol–water partition coefficient (Wildman–Crippen LogP) is -0.704. The zero-order valence-corrected chi connectivity index (χ0v) is 15.4. The van der Waals surface area contributed by atoms with Crippen molar-refractivity contribution < 1.29 is 39.1 Å². The molecule has 0 aromatic heterocycles. The molecule has 8 nitrogen and oxygen atoms in total. The third kappa shape index (κ3) is 1.59. The quantitative estimate of drug-likeness (QED) is 0.326. The van der Waals surface area contributed by atoms with E-state index in [1.165, 1.54) is 6.92 Å². The van der Waals surface area contributed by atoms with Gasteiger partial charge in [-0.1, -0.05) is 19.1 Å². The molecule has 0 amide bonds. The molecule has 2 bridgehead atoms. The number of fused-ring (bicyclic) bond motifs is 8. The number of esters is 2. The summed E-state index contributed by atoms with van der Waals surface area (Å²) in [6, 6.07) is 0. The minimum absolute atomic E-state index is 0.103. The first-order valence-electron chi connectivity index (χ1n) is 9.35. The van der Waals surface area contributed by atoms with Crippen molar-refractivity contribution in [2.45, 2.75) is 68.9 Å². The van der Waals surface area contributed by atoms with Gasteiger partial charge in [0.05, 0.1) is 23.4 Å². The maximum atomic E-state index is 12.7. The largest absolute Gasteiger partial charge is 0.459 e. The fraction of sp³-hybridized carbons (Fsp3) is 0.789. The molecule has 2 saturated carbocycles. The van der Waals surface area contributed by atoms with Crippen molar-refractivity contribution in [2.24, 2.45) is 23.2 Å². The fourth-order valence-electron chi connectivity index (χ4n) is 6.51. The number of rotatable bonds is 2. The summed E-state index contributed by atoms with van der Waals surface area (Å²) < 4.78 is 16.9. The fourth-order valence-corrected chi connectivity index (χ4v) is 6.51. The van der Waals surface area contributed by atoms with Gasteiger partial charge in [-0.05, 0) is 13.8 Å². The van der Waals surface area contributed by atoms with E-state index in [1.54, 1.807) is 13.8 Å². The van der Waals surface area contributed by atoms with Gasteiger partial charge in [0.1, 0.15) is 30.0 Å². The number of carbonyl (C=O) groups excluding carboxylic acids is 2. The lowest BCUT2D eigenvalue weighted by atomic mass is 9.50. The highest BCUT2D eigenvalue weighted by Gasteiger charge is 2.93. The summed E-state index contributed by atoms with van der Waals surface area (Å²) in [4.78, 5) is 25.1. The van der Waals surface area contributed by atoms with Gasteiger partial charge in [-0.3, -0.25) is 9.59 Å². The normalized spacial score (nSPS) is 58.5. The van der Waals surface area contributed by atoms with Crippen LogP contribution >= 0.6 is 0 Å². The number of hydrogen-bond acceptors (Lipinski definition) is 8. The number of aliphatic hydroxyl groups is 3. The Balaban J connectivity index is 1.69. The molecule has 1 spiro atoms. The smallest absolute Gasteiger partial charge is 0.313 e. The summed E-state index contributed by atoms with van der Waals surface area (Å²) in [6.45, 7) is 8.80. The summed E-state index contributed by atoms with van der Waals surface area (Å²) in [5.74, 6) is -3.46. The number of epoxide rings is 1. The van der Waals surface area contributed by atoms with Crippen LogP contribution < -0.4 is 0 Å². The molecule has 0 unspecified atom stereocenters. The maximum absolute atomic E-state index is 12.7. The molecular formula is C19H24O8. The molecule has 3 N–H and O–H groups in total. The predicted molar refractivity (Wildman–Crippen MR) is 88.0 cm³/mol. The van der Waals surface area contributed by atoms with Crippen LogP contribution in [0.4, 0.5) is 0 Å². The molecule has 3 aliphatic heterocycles. The van der Waals surface area contributed by atoms with Crippen LogP contribution in [0.2, 0.25) is 0 Å². The highest BCUT2D eigenvalue weighted by molar-refractivity contribution is 5.81. The Bertz CT molecular complexity index is 778. The van der Waals surface area contributed by atoms with E-state index in [1.807, 2.05) is 0 Å². The second-order valence-electron chi connectivity index (χ2n) is 9.06. The lowest BCUT2D eigenvalue weighted by Gasteiger charge is -2.57. The van der Waals surface area contributed by atoms with Crippen LogP contribution in [-0.4, -0.2) is 69.0 Å². The van der Waals surface area contributed by atoms with E-state index < -0.39 is 76.8 Å². The lowest BCUT2D eigenvalue weighted by molar-refractivity contribution is -0.272. The van der Waals surface area contributed by atoms with E-state index in [4.69, 9.17) is 14.2 Å². The van der Waals surface area contributed by atoms with Crippen molar-refractivity contribution in [3.63, 3.8) is 0 Å². The first-order valence-corrected chi connectivity index (χ1v) is 9.35. The molecule has 0 radical (unpaired) electrons. The average molecular weight is 380 g/mol. The van der Waals surface area contributed by atoms with E-state index in [2.05, 4.69) is 6.58 Å². The molecule has 11 atom stereocenters. The Labute approximate surface area is 156 Å². The van der Waals surface area contributed by atoms with Crippen LogP contribution in [0, 0.1) is 23.2 Å². The molecule has 2 aliphatic carbocycles. The third-order valence-corrected chi connectivity index (χ3v) is 7.95. The maximum Gasteiger partial charge on any atom is 0.313 e. The zero-order chi connectivity index (χ0) is 19.7. The number of aliphatic hydroxyl groups excluding tert-OH is 2. The molecule has 8 heteroatoms. The van der Waals surface area contributed by atoms with Crippen LogP contribution in [0.1, 0.15) is 27.2 Å². The highest BCUT2D eigenvalue weighted by Crippen LogP contribution is 2.75. The van der Waals surface area contributed by atoms with Gasteiger partial charge in [0, 0.05) is 12.3 Å². The second-order valence-corrected chi connectivity index (χ2v) is 9.06. The minimum atomic E-state index is -1.77. The molecule has 3 heterocycles. The Morgan fingerprint density at radius 3 is 2.52 bits per heavy atom. The summed E-state index contributed by atoms with van der Waals surface area (Å²) >= 11 is 0. The Morgan fingerprint density at radius 2 is 1.96 bits per heavy atom. The van der Waals surface area contributed by atoms with Gasteiger partial charge in [-0.15, -0.1) is 0 Å². The van der Waals surface area contributed by atoms with Gasteiger partial charge in [0.2, 0.25) is 0 Å². The van der Waals surface area contributed by atoms with Crippen molar-refractivity contribution >= 4 is 11.9 Å². The summed E-state index contributed by atoms with van der Waals surface area (Å²) in [5, 5.41) is 33.2. The van der Waals surface area contributed by atoms with Crippen LogP contribution in [0.25, 0.3) is 0 Å². The van der Waals surface area contributed by atoms with Crippen molar-refractivity contribution in [1.29, 1.82) is 0 Å². The third-order valence-electron chi connectivity index (χ3n) is 7.95. The lowest BCUT2D eigenvalue weighted by Crippen LogP contribution is -2.72. The average Bonchev–Trinajstić information content (AvgIpc) is 3.17. The van der Waals surface area contributed by atoms with Crippen LogP contribution in [0.15, 0.2) is 12.2 Å². The Kier molecular flexibility index (Phi) is 3.09. The standard InChI is InChI=1S/C19H24O8/c1-6(2)9-10-16(23)25-11(9)12(21)17(4)18(13-14(26-13)19(10,17)24)5-8(7(3)20)15(22)27-18/h7-14,20-21,24H,1,5H2,2-4H3/t7-,8+,9+,10-,11-,12-,13-,14+,17+,18+,19+/m1/s1. The number of ether oxygens (including phenoxy) is 3. The van der Waals surface area contributed by atoms with E-state index in [0.717, 1.165) is 0 Å². The second kappa shape index (κ2) is 4.74. The molecule has 148 valence electrons. The van der Waals surface area contributed by atoms with Gasteiger partial charge >= 0.3 is 11.9 Å². The van der Waals surface area contributed by atoms with Gasteiger partial charge in [-0.2, -0.15) is 0 Å². The molecule has 3 saturated heterocycles. The number of carbonyl (C=O) groups is 2. The SMILES string of the molecule is C=C(C)[C@@H]1[C@H]2OC(=O)[C@@H]1[C@]1(O)[C@H]3O[C@H]3[C@@]3(C[C@@H]([C@@H](C)O)C(=O)O3)[C@]1(C)[C@@H]2O. The van der Waals surface area contributed by atoms with Gasteiger partial charge in [0.15, 0.2) is 5.60 Å². The molecule has 5 rings (SSSR count). The van der Waals surface area contributed by atoms with Crippen molar-refractivity contribution in [3.05, 3.63) is 12.2 Å². The molecule has 27 heavy (non-hydrogen) atoms. The molecular weight excluding hydrogens is 356 g/mol. The van der Waals surface area contributed by atoms with Crippen molar-refractivity contribution in [3.8, 4) is 0 Å². The van der Waals surface area contributed by atoms with Crippen LogP contribution in [0.5, 0.6) is 0 Å².